The maximum absolute atomic E-state index is 10.8. The van der Waals surface area contributed by atoms with Crippen molar-refractivity contribution in [1.82, 2.24) is 0 Å². The van der Waals surface area contributed by atoms with E-state index >= 15 is 0 Å². The monoisotopic (exact) mass is 278 g/mol. The van der Waals surface area contributed by atoms with Gasteiger partial charge in [-0.3, -0.25) is 0 Å². The van der Waals surface area contributed by atoms with Crippen LogP contribution in [-0.2, 0) is 16.1 Å². The molecule has 1 unspecified atom stereocenters. The van der Waals surface area contributed by atoms with Crippen molar-refractivity contribution >= 4 is 0 Å². The largest absolute Gasteiger partial charge is 0.352 e. The van der Waals surface area contributed by atoms with E-state index in [-0.39, 0.29) is 0 Å². The van der Waals surface area contributed by atoms with Crippen molar-refractivity contribution in [3.05, 3.63) is 70.8 Å². The summed E-state index contributed by atoms with van der Waals surface area (Å²) >= 11 is 0. The minimum atomic E-state index is -1.55. The zero-order valence-electron chi connectivity index (χ0n) is 12.5. The van der Waals surface area contributed by atoms with Crippen LogP contribution >= 0.6 is 0 Å². The molecule has 1 aliphatic rings. The molecule has 1 N–H and O–H groups in total. The zero-order chi connectivity index (χ0) is 15.1. The first-order valence-corrected chi connectivity index (χ1v) is 7.03. The average Bonchev–Trinajstić information content (AvgIpc) is 2.67. The molecule has 2 aromatic carbocycles. The van der Waals surface area contributed by atoms with E-state index in [1.807, 2.05) is 69.3 Å². The quantitative estimate of drug-likeness (QED) is 0.748. The van der Waals surface area contributed by atoms with E-state index in [0.717, 1.165) is 16.7 Å². The molecule has 0 radical (unpaired) electrons. The molecule has 0 aromatic heterocycles. The fourth-order valence-corrected chi connectivity index (χ4v) is 2.67. The predicted octanol–water partition coefficient (Wildman–Crippen LogP) is 3.46. The lowest BCUT2D eigenvalue weighted by Crippen LogP contribution is -2.27. The highest BCUT2D eigenvalue weighted by molar-refractivity contribution is 5.46. The van der Waals surface area contributed by atoms with Crippen LogP contribution in [0.1, 0.15) is 36.1 Å². The van der Waals surface area contributed by atoms with Crippen molar-refractivity contribution in [3.63, 3.8) is 0 Å². The number of rotatable bonds is 0. The van der Waals surface area contributed by atoms with Crippen molar-refractivity contribution < 1.29 is 9.84 Å². The maximum atomic E-state index is 10.8. The number of fused-ring (bicyclic) bond motifs is 1. The summed E-state index contributed by atoms with van der Waals surface area (Å²) in [5.74, 6) is 4.35. The molecule has 2 heteroatoms. The van der Waals surface area contributed by atoms with Gasteiger partial charge in [-0.1, -0.05) is 47.9 Å². The Morgan fingerprint density at radius 2 is 1.57 bits per heavy atom. The van der Waals surface area contributed by atoms with Crippen LogP contribution in [0.4, 0.5) is 0 Å². The Bertz CT molecular complexity index is 732. The first-order valence-electron chi connectivity index (χ1n) is 7.03. The number of ether oxygens (including phenoxy) is 1. The number of benzene rings is 2. The zero-order valence-corrected chi connectivity index (χ0v) is 12.5. The van der Waals surface area contributed by atoms with Crippen LogP contribution in [0.5, 0.6) is 0 Å². The van der Waals surface area contributed by atoms with Gasteiger partial charge >= 0.3 is 0 Å². The van der Waals surface area contributed by atoms with Gasteiger partial charge in [0.1, 0.15) is 0 Å². The Hall–Kier alpha value is -2.08. The first-order chi connectivity index (χ1) is 9.91. The number of hydrogen-bond acceptors (Lipinski definition) is 2. The lowest BCUT2D eigenvalue weighted by molar-refractivity contribution is -0.210. The van der Waals surface area contributed by atoms with Crippen LogP contribution in [0.2, 0.25) is 0 Å². The third-order valence-corrected chi connectivity index (χ3v) is 3.77. The van der Waals surface area contributed by atoms with Gasteiger partial charge in [-0.15, -0.1) is 0 Å². The molecular weight excluding hydrogens is 260 g/mol. The number of aryl methyl sites for hydroxylation is 1. The van der Waals surface area contributed by atoms with Gasteiger partial charge in [-0.25, -0.2) is 0 Å². The van der Waals surface area contributed by atoms with Gasteiger partial charge in [0.2, 0.25) is 0 Å². The molecule has 0 aliphatic carbocycles. The van der Waals surface area contributed by atoms with Gasteiger partial charge in [0.15, 0.2) is 0 Å². The van der Waals surface area contributed by atoms with Crippen LogP contribution < -0.4 is 0 Å². The summed E-state index contributed by atoms with van der Waals surface area (Å²) in [6, 6.07) is 15.6. The number of hydrogen-bond donors (Lipinski definition) is 1. The summed E-state index contributed by atoms with van der Waals surface area (Å²) in [6.45, 7) is 5.91. The van der Waals surface area contributed by atoms with Crippen LogP contribution in [0.25, 0.3) is 0 Å². The molecule has 1 aliphatic heterocycles. The Balaban J connectivity index is 2.02. The summed E-state index contributed by atoms with van der Waals surface area (Å²) in [5.41, 5.74) is 3.20. The SMILES string of the molecule is Cc1ccc(C#CC2(O)OC(C)(C)c3ccccc32)cc1. The fourth-order valence-electron chi connectivity index (χ4n) is 2.67. The smallest absolute Gasteiger partial charge is 0.260 e. The molecule has 1 heterocycles. The molecule has 2 nitrogen and oxygen atoms in total. The van der Waals surface area contributed by atoms with Crippen LogP contribution in [0, 0.1) is 18.8 Å². The van der Waals surface area contributed by atoms with Crippen molar-refractivity contribution in [2.75, 3.05) is 0 Å². The predicted molar refractivity (Wildman–Crippen MR) is 82.5 cm³/mol. The van der Waals surface area contributed by atoms with E-state index in [0.29, 0.717) is 0 Å². The second-order valence-electron chi connectivity index (χ2n) is 5.92. The summed E-state index contributed by atoms with van der Waals surface area (Å²) in [4.78, 5) is 0. The van der Waals surface area contributed by atoms with Gasteiger partial charge in [-0.05, 0) is 44.4 Å². The molecule has 0 spiro atoms. The van der Waals surface area contributed by atoms with Crippen molar-refractivity contribution in [3.8, 4) is 11.8 Å². The Labute approximate surface area is 125 Å². The third kappa shape index (κ3) is 2.47. The van der Waals surface area contributed by atoms with E-state index in [1.54, 1.807) is 0 Å². The minimum Gasteiger partial charge on any atom is -0.352 e. The third-order valence-electron chi connectivity index (χ3n) is 3.77. The van der Waals surface area contributed by atoms with Crippen molar-refractivity contribution in [1.29, 1.82) is 0 Å². The first kappa shape index (κ1) is 13.9. The van der Waals surface area contributed by atoms with Crippen LogP contribution in [0.15, 0.2) is 48.5 Å². The summed E-state index contributed by atoms with van der Waals surface area (Å²) in [5, 5.41) is 10.8. The van der Waals surface area contributed by atoms with Gasteiger partial charge in [0.25, 0.3) is 5.79 Å². The Morgan fingerprint density at radius 3 is 2.24 bits per heavy atom. The lowest BCUT2D eigenvalue weighted by atomic mass is 9.94. The van der Waals surface area contributed by atoms with Crippen LogP contribution in [0.3, 0.4) is 0 Å². The normalized spacial score (nSPS) is 22.3. The van der Waals surface area contributed by atoms with E-state index in [4.69, 9.17) is 4.74 Å². The molecule has 0 saturated carbocycles. The Kier molecular flexibility index (Phi) is 3.13. The highest BCUT2D eigenvalue weighted by Gasteiger charge is 2.46. The summed E-state index contributed by atoms with van der Waals surface area (Å²) < 4.78 is 5.83. The van der Waals surface area contributed by atoms with E-state index < -0.39 is 11.4 Å². The van der Waals surface area contributed by atoms with E-state index in [9.17, 15) is 5.11 Å². The summed E-state index contributed by atoms with van der Waals surface area (Å²) in [6.07, 6.45) is 0. The van der Waals surface area contributed by atoms with Crippen molar-refractivity contribution in [2.24, 2.45) is 0 Å². The van der Waals surface area contributed by atoms with Crippen molar-refractivity contribution in [2.45, 2.75) is 32.2 Å². The van der Waals surface area contributed by atoms with Gasteiger partial charge in [-0.2, -0.15) is 0 Å². The highest BCUT2D eigenvalue weighted by Crippen LogP contribution is 2.45. The number of aliphatic hydroxyl groups is 1. The molecule has 0 bridgehead atoms. The molecular formula is C19H18O2. The van der Waals surface area contributed by atoms with Gasteiger partial charge in [0.05, 0.1) is 5.60 Å². The molecule has 0 saturated heterocycles. The lowest BCUT2D eigenvalue weighted by Gasteiger charge is -2.22. The molecule has 1 atom stereocenters. The van der Waals surface area contributed by atoms with E-state index in [1.165, 1.54) is 5.56 Å². The average molecular weight is 278 g/mol. The molecule has 3 rings (SSSR count). The summed E-state index contributed by atoms with van der Waals surface area (Å²) in [7, 11) is 0. The molecule has 0 fully saturated rings. The maximum Gasteiger partial charge on any atom is 0.260 e. The fraction of sp³-hybridized carbons (Fsp3) is 0.263. The Morgan fingerprint density at radius 1 is 0.952 bits per heavy atom. The van der Waals surface area contributed by atoms with Gasteiger partial charge in [0, 0.05) is 11.1 Å². The van der Waals surface area contributed by atoms with E-state index in [2.05, 4.69) is 11.8 Å². The van der Waals surface area contributed by atoms with Gasteiger partial charge < -0.3 is 9.84 Å². The minimum absolute atomic E-state index is 0.548. The highest BCUT2D eigenvalue weighted by atomic mass is 16.6. The molecule has 0 amide bonds. The molecule has 2 aromatic rings. The second-order valence-corrected chi connectivity index (χ2v) is 5.92. The standard InChI is InChI=1S/C19H18O2/c1-14-8-10-15(11-9-14)12-13-19(20)17-7-5-4-6-16(17)18(2,3)21-19/h4-11,20H,1-3H3. The van der Waals surface area contributed by atoms with Crippen LogP contribution in [-0.4, -0.2) is 5.11 Å². The molecule has 106 valence electrons. The second kappa shape index (κ2) is 4.73. The molecule has 21 heavy (non-hydrogen) atoms. The topological polar surface area (TPSA) is 29.5 Å².